The number of benzene rings is 1. The number of carbonyl (C=O) groups excluding carboxylic acids is 1. The number of anilines is 1. The normalized spacial score (nSPS) is 13.0. The predicted molar refractivity (Wildman–Crippen MR) is 69.0 cm³/mol. The van der Waals surface area contributed by atoms with Crippen molar-refractivity contribution in [1.29, 1.82) is 0 Å². The first kappa shape index (κ1) is 13.5. The van der Waals surface area contributed by atoms with Crippen molar-refractivity contribution in [3.63, 3.8) is 0 Å². The number of amides is 2. The number of hydrogen-bond donors (Lipinski definition) is 3. The molecule has 0 radical (unpaired) electrons. The molecule has 2 amide bonds. The van der Waals surface area contributed by atoms with E-state index in [0.29, 0.717) is 5.69 Å². The SMILES string of the molecule is CC(O)c1cccc(NC(=O)NC(C)(C)C)c1. The Kier molecular flexibility index (Phi) is 4.12. The summed E-state index contributed by atoms with van der Waals surface area (Å²) >= 11 is 0. The van der Waals surface area contributed by atoms with Gasteiger partial charge in [-0.1, -0.05) is 12.1 Å². The number of hydrogen-bond acceptors (Lipinski definition) is 2. The monoisotopic (exact) mass is 236 g/mol. The summed E-state index contributed by atoms with van der Waals surface area (Å²) < 4.78 is 0. The molecule has 4 heteroatoms. The lowest BCUT2D eigenvalue weighted by atomic mass is 10.1. The third-order valence-corrected chi connectivity index (χ3v) is 2.12. The highest BCUT2D eigenvalue weighted by Crippen LogP contribution is 2.17. The van der Waals surface area contributed by atoms with Crippen LogP contribution in [0.2, 0.25) is 0 Å². The van der Waals surface area contributed by atoms with Crippen LogP contribution in [-0.4, -0.2) is 16.7 Å². The van der Waals surface area contributed by atoms with Crippen LogP contribution in [0.15, 0.2) is 24.3 Å². The summed E-state index contributed by atoms with van der Waals surface area (Å²) in [5.74, 6) is 0. The maximum atomic E-state index is 11.6. The second-order valence-electron chi connectivity index (χ2n) is 5.13. The highest BCUT2D eigenvalue weighted by atomic mass is 16.3. The molecule has 0 aliphatic rings. The van der Waals surface area contributed by atoms with Gasteiger partial charge in [-0.3, -0.25) is 0 Å². The summed E-state index contributed by atoms with van der Waals surface area (Å²) in [6.45, 7) is 7.44. The fourth-order valence-electron chi connectivity index (χ4n) is 1.38. The highest BCUT2D eigenvalue weighted by Gasteiger charge is 2.13. The van der Waals surface area contributed by atoms with E-state index < -0.39 is 6.10 Å². The second-order valence-corrected chi connectivity index (χ2v) is 5.13. The number of rotatable bonds is 2. The van der Waals surface area contributed by atoms with Gasteiger partial charge in [-0.2, -0.15) is 0 Å². The van der Waals surface area contributed by atoms with Gasteiger partial charge in [0.15, 0.2) is 0 Å². The van der Waals surface area contributed by atoms with Crippen LogP contribution in [0, 0.1) is 0 Å². The zero-order valence-corrected chi connectivity index (χ0v) is 10.7. The predicted octanol–water partition coefficient (Wildman–Crippen LogP) is 2.66. The summed E-state index contributed by atoms with van der Waals surface area (Å²) in [6, 6.07) is 6.91. The fraction of sp³-hybridized carbons (Fsp3) is 0.462. The van der Waals surface area contributed by atoms with Crippen molar-refractivity contribution in [2.24, 2.45) is 0 Å². The van der Waals surface area contributed by atoms with Crippen molar-refractivity contribution >= 4 is 11.7 Å². The molecule has 0 aromatic heterocycles. The van der Waals surface area contributed by atoms with E-state index in [4.69, 9.17) is 0 Å². The van der Waals surface area contributed by atoms with Crippen molar-refractivity contribution in [2.75, 3.05) is 5.32 Å². The molecular formula is C13H20N2O2. The van der Waals surface area contributed by atoms with Crippen molar-refractivity contribution in [1.82, 2.24) is 5.32 Å². The molecule has 0 heterocycles. The Morgan fingerprint density at radius 3 is 2.53 bits per heavy atom. The lowest BCUT2D eigenvalue weighted by Gasteiger charge is -2.21. The van der Waals surface area contributed by atoms with E-state index in [-0.39, 0.29) is 11.6 Å². The molecule has 0 aliphatic heterocycles. The number of carbonyl (C=O) groups is 1. The Hall–Kier alpha value is -1.55. The smallest absolute Gasteiger partial charge is 0.319 e. The van der Waals surface area contributed by atoms with Gasteiger partial charge in [0.1, 0.15) is 0 Å². The van der Waals surface area contributed by atoms with Crippen LogP contribution >= 0.6 is 0 Å². The van der Waals surface area contributed by atoms with Crippen LogP contribution in [0.25, 0.3) is 0 Å². The van der Waals surface area contributed by atoms with Crippen molar-refractivity contribution in [2.45, 2.75) is 39.3 Å². The first-order chi connectivity index (χ1) is 7.78. The third kappa shape index (κ3) is 4.87. The topological polar surface area (TPSA) is 61.4 Å². The highest BCUT2D eigenvalue weighted by molar-refractivity contribution is 5.89. The van der Waals surface area contributed by atoms with E-state index in [1.165, 1.54) is 0 Å². The molecule has 0 aliphatic carbocycles. The first-order valence-electron chi connectivity index (χ1n) is 5.65. The molecule has 0 saturated carbocycles. The minimum atomic E-state index is -0.539. The van der Waals surface area contributed by atoms with Crippen LogP contribution in [0.1, 0.15) is 39.4 Å². The van der Waals surface area contributed by atoms with Crippen LogP contribution in [0.4, 0.5) is 10.5 Å². The van der Waals surface area contributed by atoms with Gasteiger partial charge in [0.05, 0.1) is 6.10 Å². The maximum absolute atomic E-state index is 11.6. The molecule has 17 heavy (non-hydrogen) atoms. The maximum Gasteiger partial charge on any atom is 0.319 e. The van der Waals surface area contributed by atoms with Crippen LogP contribution < -0.4 is 10.6 Å². The Morgan fingerprint density at radius 2 is 2.00 bits per heavy atom. The van der Waals surface area contributed by atoms with Gasteiger partial charge in [0.25, 0.3) is 0 Å². The standard InChI is InChI=1S/C13H20N2O2/c1-9(16)10-6-5-7-11(8-10)14-12(17)15-13(2,3)4/h5-9,16H,1-4H3,(H2,14,15,17). The fourth-order valence-corrected chi connectivity index (χ4v) is 1.38. The summed E-state index contributed by atoms with van der Waals surface area (Å²) in [6.07, 6.45) is -0.539. The Bertz CT molecular complexity index is 395. The Balaban J connectivity index is 2.69. The quantitative estimate of drug-likeness (QED) is 0.739. The summed E-state index contributed by atoms with van der Waals surface area (Å²) in [5, 5.41) is 15.0. The molecule has 1 aromatic carbocycles. The van der Waals surface area contributed by atoms with Crippen LogP contribution in [-0.2, 0) is 0 Å². The van der Waals surface area contributed by atoms with E-state index in [0.717, 1.165) is 5.56 Å². The second kappa shape index (κ2) is 5.19. The molecule has 94 valence electrons. The van der Waals surface area contributed by atoms with E-state index in [9.17, 15) is 9.90 Å². The molecule has 3 N–H and O–H groups in total. The van der Waals surface area contributed by atoms with Crippen molar-refractivity contribution in [3.8, 4) is 0 Å². The minimum absolute atomic E-state index is 0.250. The molecular weight excluding hydrogens is 216 g/mol. The van der Waals surface area contributed by atoms with E-state index >= 15 is 0 Å². The number of nitrogens with one attached hydrogen (secondary N) is 2. The van der Waals surface area contributed by atoms with Crippen LogP contribution in [0.3, 0.4) is 0 Å². The zero-order chi connectivity index (χ0) is 13.1. The Labute approximate surface area is 102 Å². The summed E-state index contributed by atoms with van der Waals surface area (Å²) in [7, 11) is 0. The zero-order valence-electron chi connectivity index (χ0n) is 10.7. The summed E-state index contributed by atoms with van der Waals surface area (Å²) in [5.41, 5.74) is 1.18. The van der Waals surface area contributed by atoms with E-state index in [1.54, 1.807) is 25.1 Å². The molecule has 1 rings (SSSR count). The first-order valence-corrected chi connectivity index (χ1v) is 5.65. The van der Waals surface area contributed by atoms with Gasteiger partial charge in [-0.25, -0.2) is 4.79 Å². The van der Waals surface area contributed by atoms with Gasteiger partial charge in [-0.05, 0) is 45.4 Å². The molecule has 1 atom stereocenters. The number of urea groups is 1. The molecule has 0 fully saturated rings. The van der Waals surface area contributed by atoms with Gasteiger partial charge in [0.2, 0.25) is 0 Å². The number of aliphatic hydroxyl groups is 1. The molecule has 0 bridgehead atoms. The third-order valence-electron chi connectivity index (χ3n) is 2.12. The Morgan fingerprint density at radius 1 is 1.35 bits per heavy atom. The lowest BCUT2D eigenvalue weighted by molar-refractivity contribution is 0.199. The summed E-state index contributed by atoms with van der Waals surface area (Å²) in [4.78, 5) is 11.6. The molecule has 1 unspecified atom stereocenters. The molecule has 1 aromatic rings. The van der Waals surface area contributed by atoms with Gasteiger partial charge >= 0.3 is 6.03 Å². The largest absolute Gasteiger partial charge is 0.389 e. The number of aliphatic hydroxyl groups excluding tert-OH is 1. The molecule has 4 nitrogen and oxygen atoms in total. The molecule has 0 spiro atoms. The minimum Gasteiger partial charge on any atom is -0.389 e. The van der Waals surface area contributed by atoms with Crippen LogP contribution in [0.5, 0.6) is 0 Å². The average molecular weight is 236 g/mol. The van der Waals surface area contributed by atoms with Crippen molar-refractivity contribution < 1.29 is 9.90 Å². The van der Waals surface area contributed by atoms with Gasteiger partial charge in [-0.15, -0.1) is 0 Å². The lowest BCUT2D eigenvalue weighted by Crippen LogP contribution is -2.43. The van der Waals surface area contributed by atoms with Gasteiger partial charge < -0.3 is 15.7 Å². The average Bonchev–Trinajstić information content (AvgIpc) is 2.14. The van der Waals surface area contributed by atoms with Gasteiger partial charge in [0, 0.05) is 11.2 Å². The van der Waals surface area contributed by atoms with E-state index in [2.05, 4.69) is 10.6 Å². The molecule has 0 saturated heterocycles. The van der Waals surface area contributed by atoms with E-state index in [1.807, 2.05) is 26.8 Å². The van der Waals surface area contributed by atoms with Crippen molar-refractivity contribution in [3.05, 3.63) is 29.8 Å².